The maximum absolute atomic E-state index is 12.5. The molecule has 2 aromatic rings. The van der Waals surface area contributed by atoms with Crippen LogP contribution in [0.5, 0.6) is 0 Å². The van der Waals surface area contributed by atoms with Crippen LogP contribution in [0.15, 0.2) is 47.4 Å². The van der Waals surface area contributed by atoms with Crippen LogP contribution >= 0.6 is 0 Å². The third kappa shape index (κ3) is 2.49. The molecular weight excluding hydrogens is 274 g/mol. The molecule has 0 unspecified atom stereocenters. The maximum Gasteiger partial charge on any atom is 0.186 e. The zero-order valence-corrected chi connectivity index (χ0v) is 12.6. The predicted octanol–water partition coefficient (Wildman–Crippen LogP) is 1.98. The number of hydrogen-bond donors (Lipinski definition) is 2. The van der Waals surface area contributed by atoms with Gasteiger partial charge in [0.15, 0.2) is 5.43 Å². The van der Waals surface area contributed by atoms with Crippen molar-refractivity contribution in [2.75, 3.05) is 19.6 Å². The van der Waals surface area contributed by atoms with Crippen molar-refractivity contribution in [3.8, 4) is 11.3 Å². The van der Waals surface area contributed by atoms with Gasteiger partial charge in [-0.05, 0) is 18.4 Å². The van der Waals surface area contributed by atoms with Crippen LogP contribution in [-0.4, -0.2) is 35.1 Å². The van der Waals surface area contributed by atoms with Crippen LogP contribution in [0.2, 0.25) is 0 Å². The molecular formula is C18H21N3O. The van der Waals surface area contributed by atoms with E-state index in [0.29, 0.717) is 5.54 Å². The summed E-state index contributed by atoms with van der Waals surface area (Å²) in [7, 11) is 0. The smallest absolute Gasteiger partial charge is 0.186 e. The minimum Gasteiger partial charge on any atom is -0.361 e. The summed E-state index contributed by atoms with van der Waals surface area (Å²) >= 11 is 0. The Morgan fingerprint density at radius 2 is 2.00 bits per heavy atom. The lowest BCUT2D eigenvalue weighted by Crippen LogP contribution is -2.52. The van der Waals surface area contributed by atoms with Gasteiger partial charge >= 0.3 is 0 Å². The van der Waals surface area contributed by atoms with E-state index in [1.54, 1.807) is 6.07 Å². The van der Waals surface area contributed by atoms with Gasteiger partial charge < -0.3 is 10.3 Å². The first-order valence-corrected chi connectivity index (χ1v) is 8.00. The molecule has 0 amide bonds. The molecule has 1 saturated carbocycles. The van der Waals surface area contributed by atoms with Crippen molar-refractivity contribution in [2.45, 2.75) is 24.9 Å². The van der Waals surface area contributed by atoms with Gasteiger partial charge in [-0.25, -0.2) is 0 Å². The second-order valence-corrected chi connectivity index (χ2v) is 6.42. The van der Waals surface area contributed by atoms with Crippen molar-refractivity contribution in [1.29, 1.82) is 0 Å². The summed E-state index contributed by atoms with van der Waals surface area (Å²) in [5.74, 6) is 0. The molecule has 0 bridgehead atoms. The lowest BCUT2D eigenvalue weighted by molar-refractivity contribution is 0.134. The van der Waals surface area contributed by atoms with Crippen LogP contribution < -0.4 is 10.7 Å². The fraction of sp³-hybridized carbons (Fsp3) is 0.389. The molecule has 0 radical (unpaired) electrons. The Hall–Kier alpha value is -1.91. The van der Waals surface area contributed by atoms with Gasteiger partial charge in [-0.1, -0.05) is 30.3 Å². The highest BCUT2D eigenvalue weighted by atomic mass is 16.1. The van der Waals surface area contributed by atoms with Crippen LogP contribution in [0, 0.1) is 0 Å². The second kappa shape index (κ2) is 5.38. The SMILES string of the molecule is O=c1cc(-c2ccccc2)[nH]cc1CN1CCNCC12CC2. The highest BCUT2D eigenvalue weighted by Crippen LogP contribution is 2.42. The fourth-order valence-corrected chi connectivity index (χ4v) is 3.38. The van der Waals surface area contributed by atoms with Crippen molar-refractivity contribution in [2.24, 2.45) is 0 Å². The van der Waals surface area contributed by atoms with Gasteiger partial charge in [-0.3, -0.25) is 9.69 Å². The fourth-order valence-electron chi connectivity index (χ4n) is 3.38. The van der Waals surface area contributed by atoms with E-state index in [9.17, 15) is 4.79 Å². The second-order valence-electron chi connectivity index (χ2n) is 6.42. The van der Waals surface area contributed by atoms with Gasteiger partial charge in [0, 0.05) is 55.2 Å². The minimum absolute atomic E-state index is 0.131. The molecule has 1 saturated heterocycles. The highest BCUT2D eigenvalue weighted by molar-refractivity contribution is 5.58. The third-order valence-electron chi connectivity index (χ3n) is 4.95. The molecule has 1 aromatic heterocycles. The number of nitrogens with one attached hydrogen (secondary N) is 2. The molecule has 4 rings (SSSR count). The molecule has 114 valence electrons. The summed E-state index contributed by atoms with van der Waals surface area (Å²) < 4.78 is 0. The van der Waals surface area contributed by atoms with E-state index < -0.39 is 0 Å². The van der Waals surface area contributed by atoms with Gasteiger partial charge in [0.2, 0.25) is 0 Å². The first-order valence-electron chi connectivity index (χ1n) is 8.00. The van der Waals surface area contributed by atoms with E-state index in [0.717, 1.165) is 43.0 Å². The van der Waals surface area contributed by atoms with Crippen molar-refractivity contribution in [1.82, 2.24) is 15.2 Å². The molecule has 1 aliphatic carbocycles. The van der Waals surface area contributed by atoms with E-state index in [2.05, 4.69) is 15.2 Å². The average Bonchev–Trinajstić information content (AvgIpc) is 3.32. The number of piperazine rings is 1. The standard InChI is InChI=1S/C18H21N3O/c22-17-10-16(14-4-2-1-3-5-14)20-11-15(17)12-21-9-8-19-13-18(21)6-7-18/h1-5,10-11,19H,6-9,12-13H2,(H,20,22). The number of aromatic amines is 1. The van der Waals surface area contributed by atoms with Crippen molar-refractivity contribution >= 4 is 0 Å². The summed E-state index contributed by atoms with van der Waals surface area (Å²) in [5.41, 5.74) is 3.26. The van der Waals surface area contributed by atoms with Crippen LogP contribution in [0.4, 0.5) is 0 Å². The van der Waals surface area contributed by atoms with E-state index in [4.69, 9.17) is 0 Å². The monoisotopic (exact) mass is 295 g/mol. The Bertz CT molecular complexity index is 719. The molecule has 1 spiro atoms. The van der Waals surface area contributed by atoms with E-state index in [1.165, 1.54) is 12.8 Å². The molecule has 1 aliphatic heterocycles. The van der Waals surface area contributed by atoms with Crippen molar-refractivity contribution < 1.29 is 0 Å². The molecule has 0 atom stereocenters. The molecule has 1 aromatic carbocycles. The van der Waals surface area contributed by atoms with Crippen molar-refractivity contribution in [3.63, 3.8) is 0 Å². The summed E-state index contributed by atoms with van der Waals surface area (Å²) in [6, 6.07) is 11.7. The number of pyridine rings is 1. The third-order valence-corrected chi connectivity index (χ3v) is 4.95. The molecule has 2 fully saturated rings. The average molecular weight is 295 g/mol. The Labute approximate surface area is 130 Å². The van der Waals surface area contributed by atoms with Gasteiger partial charge in [-0.15, -0.1) is 0 Å². The van der Waals surface area contributed by atoms with E-state index >= 15 is 0 Å². The largest absolute Gasteiger partial charge is 0.361 e. The Balaban J connectivity index is 1.57. The molecule has 4 nitrogen and oxygen atoms in total. The molecule has 2 N–H and O–H groups in total. The Morgan fingerprint density at radius 3 is 2.73 bits per heavy atom. The Morgan fingerprint density at radius 1 is 1.18 bits per heavy atom. The van der Waals surface area contributed by atoms with Gasteiger partial charge in [-0.2, -0.15) is 0 Å². The van der Waals surface area contributed by atoms with Gasteiger partial charge in [0.05, 0.1) is 0 Å². The van der Waals surface area contributed by atoms with Gasteiger partial charge in [0.25, 0.3) is 0 Å². The number of H-pyrrole nitrogens is 1. The quantitative estimate of drug-likeness (QED) is 0.910. The lowest BCUT2D eigenvalue weighted by Gasteiger charge is -2.36. The molecule has 22 heavy (non-hydrogen) atoms. The number of nitrogens with zero attached hydrogens (tertiary/aromatic N) is 1. The first kappa shape index (κ1) is 13.7. The normalized spacial score (nSPS) is 20.2. The number of aromatic nitrogens is 1. The highest BCUT2D eigenvalue weighted by Gasteiger charge is 2.48. The number of rotatable bonds is 3. The first-order chi connectivity index (χ1) is 10.8. The maximum atomic E-state index is 12.5. The van der Waals surface area contributed by atoms with Crippen LogP contribution in [0.25, 0.3) is 11.3 Å². The summed E-state index contributed by atoms with van der Waals surface area (Å²) in [5, 5.41) is 3.47. The van der Waals surface area contributed by atoms with E-state index in [1.807, 2.05) is 36.5 Å². The van der Waals surface area contributed by atoms with E-state index in [-0.39, 0.29) is 5.43 Å². The minimum atomic E-state index is 0.131. The molecule has 4 heteroatoms. The summed E-state index contributed by atoms with van der Waals surface area (Å²) in [4.78, 5) is 18.2. The van der Waals surface area contributed by atoms with Gasteiger partial charge in [0.1, 0.15) is 0 Å². The Kier molecular flexibility index (Phi) is 3.36. The zero-order chi connectivity index (χ0) is 15.0. The summed E-state index contributed by atoms with van der Waals surface area (Å²) in [6.45, 7) is 3.86. The number of benzene rings is 1. The summed E-state index contributed by atoms with van der Waals surface area (Å²) in [6.07, 6.45) is 4.39. The topological polar surface area (TPSA) is 48.1 Å². The van der Waals surface area contributed by atoms with Crippen LogP contribution in [0.3, 0.4) is 0 Å². The predicted molar refractivity (Wildman–Crippen MR) is 87.7 cm³/mol. The zero-order valence-electron chi connectivity index (χ0n) is 12.6. The molecule has 2 aliphatic rings. The van der Waals surface area contributed by atoms with Crippen molar-refractivity contribution in [3.05, 3.63) is 58.4 Å². The lowest BCUT2D eigenvalue weighted by atomic mass is 10.1. The number of hydrogen-bond acceptors (Lipinski definition) is 3. The van der Waals surface area contributed by atoms with Crippen LogP contribution in [-0.2, 0) is 6.54 Å². The molecule has 2 heterocycles. The van der Waals surface area contributed by atoms with Crippen LogP contribution in [0.1, 0.15) is 18.4 Å².